The lowest BCUT2D eigenvalue weighted by Gasteiger charge is -2.25. The van der Waals surface area contributed by atoms with Gasteiger partial charge in [0.1, 0.15) is 18.1 Å². The van der Waals surface area contributed by atoms with E-state index in [1.807, 2.05) is 0 Å². The second kappa shape index (κ2) is 15.6. The average Bonchev–Trinajstić information content (AvgIpc) is 3.33. The Bertz CT molecular complexity index is 770. The van der Waals surface area contributed by atoms with Gasteiger partial charge in [0, 0.05) is 12.8 Å². The van der Waals surface area contributed by atoms with Crippen molar-refractivity contribution in [3.63, 3.8) is 0 Å². The fraction of sp³-hybridized carbons (Fsp3) is 0.714. The largest absolute Gasteiger partial charge is 0.481 e. The smallest absolute Gasteiger partial charge is 0.326 e. The summed E-state index contributed by atoms with van der Waals surface area (Å²) < 4.78 is 0. The number of unbranched alkanes of at least 4 members (excludes halogenated alkanes) is 1. The summed E-state index contributed by atoms with van der Waals surface area (Å²) in [5.41, 5.74) is 5.40. The summed E-state index contributed by atoms with van der Waals surface area (Å²) in [6.45, 7) is 0.967. The highest BCUT2D eigenvalue weighted by atomic mass is 16.4. The minimum Gasteiger partial charge on any atom is -0.481 e. The number of hydrogen-bond acceptors (Lipinski definition) is 8. The molecule has 0 aromatic rings. The van der Waals surface area contributed by atoms with Crippen molar-refractivity contribution < 1.29 is 44.1 Å². The maximum absolute atomic E-state index is 12.9. The van der Waals surface area contributed by atoms with Gasteiger partial charge in [-0.25, -0.2) is 4.79 Å². The molecular formula is C21H35N5O9. The van der Waals surface area contributed by atoms with E-state index in [0.29, 0.717) is 32.4 Å². The molecule has 1 fully saturated rings. The van der Waals surface area contributed by atoms with Crippen molar-refractivity contribution in [2.45, 2.75) is 82.0 Å². The van der Waals surface area contributed by atoms with Gasteiger partial charge in [-0.3, -0.25) is 24.0 Å². The Hall–Kier alpha value is -3.26. The zero-order valence-electron chi connectivity index (χ0n) is 19.5. The number of amides is 3. The summed E-state index contributed by atoms with van der Waals surface area (Å²) in [6, 6.07) is -4.51. The first-order valence-electron chi connectivity index (χ1n) is 11.6. The molecule has 1 heterocycles. The van der Waals surface area contributed by atoms with Crippen LogP contribution in [0.4, 0.5) is 0 Å². The van der Waals surface area contributed by atoms with Crippen molar-refractivity contribution in [3.05, 3.63) is 0 Å². The molecule has 14 heteroatoms. The molecule has 0 aromatic carbocycles. The lowest BCUT2D eigenvalue weighted by molar-refractivity contribution is -0.143. The van der Waals surface area contributed by atoms with Crippen LogP contribution >= 0.6 is 0 Å². The number of nitrogens with one attached hydrogen (secondary N) is 4. The van der Waals surface area contributed by atoms with E-state index in [-0.39, 0.29) is 19.3 Å². The van der Waals surface area contributed by atoms with Gasteiger partial charge < -0.3 is 42.3 Å². The molecule has 1 rings (SSSR count). The lowest BCUT2D eigenvalue weighted by atomic mass is 10.1. The van der Waals surface area contributed by atoms with Gasteiger partial charge >= 0.3 is 17.9 Å². The molecule has 1 aliphatic rings. The zero-order chi connectivity index (χ0) is 26.4. The number of rotatable bonds is 17. The number of carboxylic acid groups (broad SMARTS) is 3. The normalized spacial score (nSPS) is 17.6. The Morgan fingerprint density at radius 3 is 1.80 bits per heavy atom. The third-order valence-electron chi connectivity index (χ3n) is 5.50. The second-order valence-corrected chi connectivity index (χ2v) is 8.32. The SMILES string of the molecule is NCCCC[C@H](NC(=O)[C@H](CCC(=O)O)NC(=O)[C@H](CCC(=O)O)NC(=O)[C@@H]1CCCN1)C(=O)O. The maximum atomic E-state index is 12.9. The first-order chi connectivity index (χ1) is 16.5. The van der Waals surface area contributed by atoms with E-state index in [4.69, 9.17) is 15.9 Å². The Morgan fingerprint density at radius 1 is 0.800 bits per heavy atom. The Balaban J connectivity index is 2.94. The van der Waals surface area contributed by atoms with Crippen molar-refractivity contribution in [2.75, 3.05) is 13.1 Å². The average molecular weight is 502 g/mol. The third kappa shape index (κ3) is 11.6. The molecule has 1 saturated heterocycles. The fourth-order valence-electron chi connectivity index (χ4n) is 3.55. The van der Waals surface area contributed by atoms with Gasteiger partial charge in [0.2, 0.25) is 17.7 Å². The molecule has 0 radical (unpaired) electrons. The highest BCUT2D eigenvalue weighted by Crippen LogP contribution is 2.09. The van der Waals surface area contributed by atoms with E-state index < -0.39 is 72.6 Å². The van der Waals surface area contributed by atoms with Crippen LogP contribution in [0.2, 0.25) is 0 Å². The second-order valence-electron chi connectivity index (χ2n) is 8.32. The van der Waals surface area contributed by atoms with E-state index in [2.05, 4.69) is 21.3 Å². The lowest BCUT2D eigenvalue weighted by Crippen LogP contribution is -2.57. The number of carbonyl (C=O) groups excluding carboxylic acids is 3. The minimum absolute atomic E-state index is 0.0869. The molecular weight excluding hydrogens is 466 g/mol. The monoisotopic (exact) mass is 501 g/mol. The third-order valence-corrected chi connectivity index (χ3v) is 5.50. The van der Waals surface area contributed by atoms with Gasteiger partial charge in [0.15, 0.2) is 0 Å². The first-order valence-corrected chi connectivity index (χ1v) is 11.6. The van der Waals surface area contributed by atoms with Crippen molar-refractivity contribution >= 4 is 35.6 Å². The Labute approximate surface area is 202 Å². The highest BCUT2D eigenvalue weighted by Gasteiger charge is 2.31. The van der Waals surface area contributed by atoms with Gasteiger partial charge in [-0.15, -0.1) is 0 Å². The predicted molar refractivity (Wildman–Crippen MR) is 121 cm³/mol. The van der Waals surface area contributed by atoms with E-state index in [0.717, 1.165) is 6.42 Å². The molecule has 3 amide bonds. The summed E-state index contributed by atoms with van der Waals surface area (Å²) in [7, 11) is 0. The Kier molecular flexibility index (Phi) is 13.3. The molecule has 0 aromatic heterocycles. The van der Waals surface area contributed by atoms with Crippen molar-refractivity contribution in [1.29, 1.82) is 0 Å². The van der Waals surface area contributed by atoms with Crippen LogP contribution in [0.5, 0.6) is 0 Å². The molecule has 0 unspecified atom stereocenters. The number of carbonyl (C=O) groups is 6. The first kappa shape index (κ1) is 29.8. The highest BCUT2D eigenvalue weighted by molar-refractivity contribution is 5.94. The molecule has 198 valence electrons. The van der Waals surface area contributed by atoms with E-state index >= 15 is 0 Å². The Morgan fingerprint density at radius 2 is 1.34 bits per heavy atom. The number of aliphatic carboxylic acids is 3. The summed E-state index contributed by atoms with van der Waals surface area (Å²) in [5, 5.41) is 37.5. The summed E-state index contributed by atoms with van der Waals surface area (Å²) in [6.07, 6.45) is 0.824. The van der Waals surface area contributed by atoms with Crippen molar-refractivity contribution in [3.8, 4) is 0 Å². The molecule has 0 aliphatic carbocycles. The van der Waals surface area contributed by atoms with Crippen LogP contribution in [0.3, 0.4) is 0 Å². The topological polar surface area (TPSA) is 237 Å². The van der Waals surface area contributed by atoms with Crippen LogP contribution in [0.15, 0.2) is 0 Å². The molecule has 9 N–H and O–H groups in total. The fourth-order valence-corrected chi connectivity index (χ4v) is 3.55. The molecule has 14 nitrogen and oxygen atoms in total. The van der Waals surface area contributed by atoms with Crippen LogP contribution in [0.25, 0.3) is 0 Å². The van der Waals surface area contributed by atoms with Crippen molar-refractivity contribution in [2.24, 2.45) is 5.73 Å². The van der Waals surface area contributed by atoms with Crippen LogP contribution in [0, 0.1) is 0 Å². The number of carboxylic acids is 3. The van der Waals surface area contributed by atoms with Crippen LogP contribution < -0.4 is 27.0 Å². The van der Waals surface area contributed by atoms with E-state index in [1.165, 1.54) is 0 Å². The van der Waals surface area contributed by atoms with Gasteiger partial charge in [-0.1, -0.05) is 0 Å². The maximum Gasteiger partial charge on any atom is 0.326 e. The number of nitrogens with two attached hydrogens (primary N) is 1. The predicted octanol–water partition coefficient (Wildman–Crippen LogP) is -1.86. The minimum atomic E-state index is -1.41. The van der Waals surface area contributed by atoms with Gasteiger partial charge in [0.05, 0.1) is 6.04 Å². The van der Waals surface area contributed by atoms with Gasteiger partial charge in [0.25, 0.3) is 0 Å². The summed E-state index contributed by atoms with van der Waals surface area (Å²) >= 11 is 0. The summed E-state index contributed by atoms with van der Waals surface area (Å²) in [4.78, 5) is 71.7. The van der Waals surface area contributed by atoms with Crippen molar-refractivity contribution in [1.82, 2.24) is 21.3 Å². The van der Waals surface area contributed by atoms with E-state index in [9.17, 15) is 33.9 Å². The molecule has 0 spiro atoms. The zero-order valence-corrected chi connectivity index (χ0v) is 19.5. The molecule has 0 saturated carbocycles. The summed E-state index contributed by atoms with van der Waals surface area (Å²) in [5.74, 6) is -6.01. The molecule has 4 atom stereocenters. The van der Waals surface area contributed by atoms with Gasteiger partial charge in [-0.2, -0.15) is 0 Å². The van der Waals surface area contributed by atoms with Crippen LogP contribution in [0.1, 0.15) is 57.8 Å². The quantitative estimate of drug-likeness (QED) is 0.103. The van der Waals surface area contributed by atoms with Crippen LogP contribution in [-0.2, 0) is 28.8 Å². The number of hydrogen-bond donors (Lipinski definition) is 8. The van der Waals surface area contributed by atoms with E-state index in [1.54, 1.807) is 0 Å². The molecule has 1 aliphatic heterocycles. The molecule has 35 heavy (non-hydrogen) atoms. The van der Waals surface area contributed by atoms with Gasteiger partial charge in [-0.05, 0) is 58.0 Å². The van der Waals surface area contributed by atoms with Crippen LogP contribution in [-0.4, -0.2) is 88.2 Å². The standard InChI is InChI=1S/C21H35N5O9/c22-10-2-1-4-15(21(34)35)26-20(33)14(7-9-17(29)30)25-19(32)13(6-8-16(27)28)24-18(31)12-5-3-11-23-12/h12-15,23H,1-11,22H2,(H,24,31)(H,25,32)(H,26,33)(H,27,28)(H,29,30)(H,34,35)/t12-,13-,14-,15-/m0/s1. The molecule has 0 bridgehead atoms.